The number of carboxylic acids is 1. The van der Waals surface area contributed by atoms with Gasteiger partial charge in [-0.15, -0.1) is 0 Å². The van der Waals surface area contributed by atoms with E-state index < -0.39 is 5.97 Å². The van der Waals surface area contributed by atoms with Crippen LogP contribution in [-0.2, 0) is 9.59 Å². The Kier molecular flexibility index (Phi) is 8.91. The molecule has 180 valence electrons. The lowest BCUT2D eigenvalue weighted by atomic mass is 10.0. The van der Waals surface area contributed by atoms with Gasteiger partial charge in [-0.25, -0.2) is 0 Å². The number of anilines is 1. The first-order valence-corrected chi connectivity index (χ1v) is 11.9. The van der Waals surface area contributed by atoms with Crippen molar-refractivity contribution in [3.63, 3.8) is 0 Å². The number of allylic oxidation sites excluding steroid dienone is 1. The third-order valence-electron chi connectivity index (χ3n) is 5.90. The van der Waals surface area contributed by atoms with Crippen molar-refractivity contribution >= 4 is 34.0 Å². The first-order valence-electron chi connectivity index (χ1n) is 11.9. The highest BCUT2D eigenvalue weighted by atomic mass is 16.5. The fourth-order valence-corrected chi connectivity index (χ4v) is 3.98. The minimum Gasteiger partial charge on any atom is -0.550 e. The summed E-state index contributed by atoms with van der Waals surface area (Å²) in [5.41, 5.74) is 3.60. The molecular weight excluding hydrogens is 428 g/mol. The quantitative estimate of drug-likeness (QED) is 0.291. The van der Waals surface area contributed by atoms with Gasteiger partial charge in [0.15, 0.2) is 0 Å². The van der Waals surface area contributed by atoms with Gasteiger partial charge in [0, 0.05) is 35.2 Å². The lowest BCUT2D eigenvalue weighted by Crippen LogP contribution is -2.22. The molecule has 1 N–H and O–H groups in total. The average molecular weight is 462 g/mol. The Labute approximate surface area is 201 Å². The van der Waals surface area contributed by atoms with Gasteiger partial charge in [0.1, 0.15) is 5.75 Å². The highest BCUT2D eigenvalue weighted by Crippen LogP contribution is 2.27. The highest BCUT2D eigenvalue weighted by molar-refractivity contribution is 6.04. The van der Waals surface area contributed by atoms with Gasteiger partial charge in [0.25, 0.3) is 0 Å². The van der Waals surface area contributed by atoms with Crippen molar-refractivity contribution in [2.45, 2.75) is 58.9 Å². The molecule has 1 heterocycles. The number of para-hydroxylation sites is 2. The molecule has 34 heavy (non-hydrogen) atoms. The summed E-state index contributed by atoms with van der Waals surface area (Å²) in [6.07, 6.45) is 7.55. The Bertz CT molecular complexity index is 1160. The number of benzene rings is 2. The van der Waals surface area contributed by atoms with E-state index in [1.165, 1.54) is 18.4 Å². The Morgan fingerprint density at radius 2 is 1.94 bits per heavy atom. The summed E-state index contributed by atoms with van der Waals surface area (Å²) in [6.45, 7) is 6.61. The second-order valence-corrected chi connectivity index (χ2v) is 8.62. The van der Waals surface area contributed by atoms with E-state index in [2.05, 4.69) is 54.2 Å². The molecule has 3 rings (SSSR count). The summed E-state index contributed by atoms with van der Waals surface area (Å²) in [5.74, 6) is -0.860. The number of ether oxygens (including phenoxy) is 1. The van der Waals surface area contributed by atoms with E-state index in [4.69, 9.17) is 4.74 Å². The van der Waals surface area contributed by atoms with E-state index >= 15 is 0 Å². The molecule has 0 fully saturated rings. The summed E-state index contributed by atoms with van der Waals surface area (Å²) in [4.78, 5) is 23.2. The van der Waals surface area contributed by atoms with E-state index in [9.17, 15) is 14.7 Å². The number of carbonyl (C=O) groups excluding carboxylic acids is 2. The SMILES string of the molecule is CCCCC(C)n1ccc2cc(/C(C)=C/C(=O)Nc3ccccc3OCCCC(=O)[O-])ccc21. The number of nitrogens with zero attached hydrogens (tertiary/aromatic N) is 1. The lowest BCUT2D eigenvalue weighted by molar-refractivity contribution is -0.305. The fourth-order valence-electron chi connectivity index (χ4n) is 3.98. The maximum absolute atomic E-state index is 12.7. The zero-order valence-corrected chi connectivity index (χ0v) is 20.2. The second kappa shape index (κ2) is 12.1. The summed E-state index contributed by atoms with van der Waals surface area (Å²) >= 11 is 0. The van der Waals surface area contributed by atoms with E-state index in [1.807, 2.05) is 6.92 Å². The van der Waals surface area contributed by atoms with Gasteiger partial charge in [0.05, 0.1) is 12.3 Å². The van der Waals surface area contributed by atoms with Gasteiger partial charge < -0.3 is 24.5 Å². The van der Waals surface area contributed by atoms with Gasteiger partial charge in [0.2, 0.25) is 5.91 Å². The minimum absolute atomic E-state index is 0.0676. The molecule has 0 saturated carbocycles. The fraction of sp³-hybridized carbons (Fsp3) is 0.357. The third kappa shape index (κ3) is 6.73. The highest BCUT2D eigenvalue weighted by Gasteiger charge is 2.10. The van der Waals surface area contributed by atoms with Gasteiger partial charge >= 0.3 is 0 Å². The maximum atomic E-state index is 12.7. The summed E-state index contributed by atoms with van der Waals surface area (Å²) in [6, 6.07) is 16.0. The van der Waals surface area contributed by atoms with Crippen LogP contribution in [0.25, 0.3) is 16.5 Å². The molecular formula is C28H33N2O4-. The number of nitrogens with one attached hydrogen (secondary N) is 1. The number of unbranched alkanes of at least 4 members (excludes halogenated alkanes) is 1. The average Bonchev–Trinajstić information content (AvgIpc) is 3.24. The van der Waals surface area contributed by atoms with Crippen molar-refractivity contribution in [2.75, 3.05) is 11.9 Å². The number of amides is 1. The molecule has 0 saturated heterocycles. The van der Waals surface area contributed by atoms with Crippen molar-refractivity contribution in [2.24, 2.45) is 0 Å². The number of aromatic nitrogens is 1. The number of hydrogen-bond acceptors (Lipinski definition) is 4. The largest absolute Gasteiger partial charge is 0.550 e. The van der Waals surface area contributed by atoms with E-state index in [-0.39, 0.29) is 18.9 Å². The molecule has 1 aromatic heterocycles. The van der Waals surface area contributed by atoms with Crippen LogP contribution >= 0.6 is 0 Å². The normalized spacial score (nSPS) is 12.5. The monoisotopic (exact) mass is 461 g/mol. The molecule has 0 spiro atoms. The van der Waals surface area contributed by atoms with Crippen molar-refractivity contribution in [3.8, 4) is 5.75 Å². The maximum Gasteiger partial charge on any atom is 0.248 e. The molecule has 1 atom stereocenters. The Morgan fingerprint density at radius 3 is 2.71 bits per heavy atom. The van der Waals surface area contributed by atoms with Crippen LogP contribution in [0.15, 0.2) is 60.8 Å². The standard InChI is InChI=1S/C28H34N2O4/c1-4-5-9-21(3)30-16-15-23-19-22(13-14-25(23)30)20(2)18-27(31)29-24-10-6-7-11-26(24)34-17-8-12-28(32)33/h6-7,10-11,13-16,18-19,21H,4-5,8-9,12,17H2,1-3H3,(H,29,31)(H,32,33)/p-1/b20-18+. The predicted molar refractivity (Wildman–Crippen MR) is 135 cm³/mol. The molecule has 2 aromatic carbocycles. The molecule has 1 amide bonds. The summed E-state index contributed by atoms with van der Waals surface area (Å²) < 4.78 is 7.97. The van der Waals surface area contributed by atoms with Crippen LogP contribution in [0.4, 0.5) is 5.69 Å². The first kappa shape index (κ1) is 25.1. The van der Waals surface area contributed by atoms with Crippen LogP contribution in [0.1, 0.15) is 64.5 Å². The molecule has 6 nitrogen and oxygen atoms in total. The van der Waals surface area contributed by atoms with Crippen molar-refractivity contribution < 1.29 is 19.4 Å². The summed E-state index contributed by atoms with van der Waals surface area (Å²) in [7, 11) is 0. The lowest BCUT2D eigenvalue weighted by Gasteiger charge is -2.15. The molecule has 0 aliphatic heterocycles. The topological polar surface area (TPSA) is 83.4 Å². The van der Waals surface area contributed by atoms with Crippen LogP contribution in [-0.4, -0.2) is 23.1 Å². The molecule has 1 unspecified atom stereocenters. The van der Waals surface area contributed by atoms with Crippen LogP contribution in [0.5, 0.6) is 5.75 Å². The molecule has 3 aromatic rings. The van der Waals surface area contributed by atoms with Gasteiger partial charge in [-0.2, -0.15) is 0 Å². The molecule has 0 radical (unpaired) electrons. The van der Waals surface area contributed by atoms with Crippen molar-refractivity contribution in [1.29, 1.82) is 0 Å². The number of carboxylic acid groups (broad SMARTS) is 1. The number of aliphatic carboxylic acids is 1. The first-order chi connectivity index (χ1) is 16.4. The molecule has 0 bridgehead atoms. The Morgan fingerprint density at radius 1 is 1.15 bits per heavy atom. The zero-order valence-electron chi connectivity index (χ0n) is 20.2. The van der Waals surface area contributed by atoms with Crippen molar-refractivity contribution in [1.82, 2.24) is 4.57 Å². The van der Waals surface area contributed by atoms with Gasteiger partial charge in [-0.3, -0.25) is 4.79 Å². The number of fused-ring (bicyclic) bond motifs is 1. The number of hydrogen-bond donors (Lipinski definition) is 1. The van der Waals surface area contributed by atoms with Crippen LogP contribution in [0, 0.1) is 0 Å². The van der Waals surface area contributed by atoms with E-state index in [0.29, 0.717) is 23.9 Å². The Hall–Kier alpha value is -3.54. The Balaban J connectivity index is 1.68. The predicted octanol–water partition coefficient (Wildman–Crippen LogP) is 5.34. The number of carbonyl (C=O) groups is 2. The van der Waals surface area contributed by atoms with E-state index in [0.717, 1.165) is 22.9 Å². The molecule has 6 heteroatoms. The van der Waals surface area contributed by atoms with Crippen molar-refractivity contribution in [3.05, 3.63) is 66.4 Å². The van der Waals surface area contributed by atoms with Crippen LogP contribution in [0.3, 0.4) is 0 Å². The molecule has 0 aliphatic rings. The van der Waals surface area contributed by atoms with Gasteiger partial charge in [-0.1, -0.05) is 38.0 Å². The zero-order chi connectivity index (χ0) is 24.5. The van der Waals surface area contributed by atoms with Gasteiger partial charge in [-0.05, 0) is 74.6 Å². The van der Waals surface area contributed by atoms with Crippen LogP contribution in [0.2, 0.25) is 0 Å². The minimum atomic E-state index is -1.11. The number of rotatable bonds is 12. The summed E-state index contributed by atoms with van der Waals surface area (Å²) in [5, 5.41) is 14.6. The third-order valence-corrected chi connectivity index (χ3v) is 5.90. The smallest absolute Gasteiger partial charge is 0.248 e. The van der Waals surface area contributed by atoms with E-state index in [1.54, 1.807) is 30.3 Å². The molecule has 0 aliphatic carbocycles. The van der Waals surface area contributed by atoms with Crippen LogP contribution < -0.4 is 15.2 Å². The second-order valence-electron chi connectivity index (χ2n) is 8.62.